The van der Waals surface area contributed by atoms with Gasteiger partial charge >= 0.3 is 302 Å². The van der Waals surface area contributed by atoms with E-state index in [9.17, 15) is 0 Å². The van der Waals surface area contributed by atoms with E-state index < -0.39 is 0 Å². The first-order valence-electron chi connectivity index (χ1n) is 17.6. The molecule has 7 heterocycles. The Kier molecular flexibility index (Phi) is 4.30. The predicted molar refractivity (Wildman–Crippen MR) is 215 cm³/mol. The number of nitrogens with zero attached hydrogens (tertiary/aromatic N) is 2. The molecule has 5 heteroatoms. The Balaban J connectivity index is 1.28. The Hall–Kier alpha value is -4.76. The van der Waals surface area contributed by atoms with Gasteiger partial charge in [-0.15, -0.1) is 0 Å². The van der Waals surface area contributed by atoms with Crippen molar-refractivity contribution in [3.05, 3.63) is 126 Å². The Labute approximate surface area is 299 Å². The van der Waals surface area contributed by atoms with Crippen molar-refractivity contribution in [3.8, 4) is 0 Å². The van der Waals surface area contributed by atoms with Crippen LogP contribution in [0.15, 0.2) is 115 Å². The molecule has 2 nitrogen and oxygen atoms in total. The van der Waals surface area contributed by atoms with Crippen molar-refractivity contribution in [3.63, 3.8) is 0 Å². The summed E-state index contributed by atoms with van der Waals surface area (Å²) >= 11 is 0.510. The Bertz CT molecular complexity index is 3200. The van der Waals surface area contributed by atoms with Crippen LogP contribution in [-0.2, 0) is 5.41 Å². The first-order valence-corrected chi connectivity index (χ1v) is 21.0. The van der Waals surface area contributed by atoms with Crippen molar-refractivity contribution in [2.45, 2.75) is 19.3 Å². The molecule has 0 fully saturated rings. The standard InChI is InChI=1S/C45H25BN2Se2/c1-45(2)36-39-34(20-28-26-14-7-12-24-22-10-3-5-16-30(22)47(41(24)26)43(28)36)49-32-18-9-19-33-38(32)46(39)40-35(50-33)21-29-27-15-8-13-25-23-11-4-6-17-31(23)48(42(25)27)44(29)37(40)45/h3-21H,1-2H3. The number of fused-ring (bicyclic) bond motifs is 14. The maximum absolute atomic E-state index is 2.67. The van der Waals surface area contributed by atoms with E-state index in [1.807, 2.05) is 0 Å². The quantitative estimate of drug-likeness (QED) is 0.191. The van der Waals surface area contributed by atoms with Crippen molar-refractivity contribution in [2.24, 2.45) is 0 Å². The fourth-order valence-electron chi connectivity index (χ4n) is 10.9. The van der Waals surface area contributed by atoms with Crippen LogP contribution < -0.4 is 34.2 Å². The van der Waals surface area contributed by atoms with Crippen molar-refractivity contribution in [1.29, 1.82) is 0 Å². The normalized spacial score (nSPS) is 15.8. The van der Waals surface area contributed by atoms with E-state index in [2.05, 4.69) is 138 Å². The van der Waals surface area contributed by atoms with E-state index in [4.69, 9.17) is 0 Å². The Morgan fingerprint density at radius 2 is 0.840 bits per heavy atom. The second kappa shape index (κ2) is 8.23. The van der Waals surface area contributed by atoms with E-state index in [-0.39, 0.29) is 42.0 Å². The molecule has 4 aromatic heterocycles. The fraction of sp³-hybridized carbons (Fsp3) is 0.0667. The summed E-state index contributed by atoms with van der Waals surface area (Å²) in [6.07, 6.45) is 0. The number of rotatable bonds is 0. The zero-order valence-corrected chi connectivity index (χ0v) is 30.7. The van der Waals surface area contributed by atoms with Crippen molar-refractivity contribution >= 4 is 147 Å². The van der Waals surface area contributed by atoms with E-state index >= 15 is 0 Å². The fourth-order valence-corrected chi connectivity index (χ4v) is 16.4. The first-order chi connectivity index (χ1) is 24.6. The predicted octanol–water partition coefficient (Wildman–Crippen LogP) is 5.08. The van der Waals surface area contributed by atoms with Crippen LogP contribution in [0.4, 0.5) is 0 Å². The molecule has 0 saturated heterocycles. The van der Waals surface area contributed by atoms with Crippen LogP contribution in [0.2, 0.25) is 0 Å². The van der Waals surface area contributed by atoms with Crippen LogP contribution in [-0.4, -0.2) is 45.4 Å². The number of hydrogen-bond donors (Lipinski definition) is 0. The molecule has 0 N–H and O–H groups in total. The van der Waals surface area contributed by atoms with Gasteiger partial charge < -0.3 is 0 Å². The number of benzene rings is 7. The molecule has 11 aromatic rings. The average Bonchev–Trinajstić information content (AvgIpc) is 3.86. The molecule has 3 aliphatic rings. The summed E-state index contributed by atoms with van der Waals surface area (Å²) in [6.45, 7) is 5.42. The summed E-state index contributed by atoms with van der Waals surface area (Å²) in [6, 6.07) is 44.7. The van der Waals surface area contributed by atoms with Crippen molar-refractivity contribution in [2.75, 3.05) is 0 Å². The monoisotopic (exact) mass is 764 g/mol. The molecule has 0 radical (unpaired) electrons. The third kappa shape index (κ3) is 2.63. The Morgan fingerprint density at radius 3 is 1.34 bits per heavy atom. The molecule has 0 aliphatic carbocycles. The molecular weight excluding hydrogens is 737 g/mol. The van der Waals surface area contributed by atoms with Gasteiger partial charge in [0, 0.05) is 0 Å². The molecule has 230 valence electrons. The summed E-state index contributed by atoms with van der Waals surface area (Å²) in [5, 5.41) is 11.1. The molecule has 0 bridgehead atoms. The van der Waals surface area contributed by atoms with E-state index in [1.165, 1.54) is 76.2 Å². The molecule has 0 amide bonds. The van der Waals surface area contributed by atoms with Gasteiger partial charge in [0.25, 0.3) is 0 Å². The second-order valence-electron chi connectivity index (χ2n) is 15.2. The van der Waals surface area contributed by atoms with Gasteiger partial charge in [0.05, 0.1) is 0 Å². The topological polar surface area (TPSA) is 8.82 Å². The third-order valence-electron chi connectivity index (χ3n) is 12.6. The van der Waals surface area contributed by atoms with Crippen LogP contribution in [0.3, 0.4) is 0 Å². The summed E-state index contributed by atoms with van der Waals surface area (Å²) in [5.41, 5.74) is 16.0. The summed E-state index contributed by atoms with van der Waals surface area (Å²) in [4.78, 5) is 0. The zero-order chi connectivity index (χ0) is 32.4. The van der Waals surface area contributed by atoms with E-state index in [0.717, 1.165) is 0 Å². The van der Waals surface area contributed by atoms with Gasteiger partial charge in [0.15, 0.2) is 0 Å². The van der Waals surface area contributed by atoms with Crippen LogP contribution in [0.1, 0.15) is 25.0 Å². The van der Waals surface area contributed by atoms with Gasteiger partial charge in [-0.2, -0.15) is 0 Å². The summed E-state index contributed by atoms with van der Waals surface area (Å²) in [7, 11) is 0. The summed E-state index contributed by atoms with van der Waals surface area (Å²) in [5.74, 6) is 0. The van der Waals surface area contributed by atoms with Gasteiger partial charge in [-0.3, -0.25) is 0 Å². The number of hydrogen-bond acceptors (Lipinski definition) is 0. The maximum atomic E-state index is 2.67. The van der Waals surface area contributed by atoms with E-state index in [1.54, 1.807) is 45.4 Å². The zero-order valence-electron chi connectivity index (χ0n) is 27.3. The molecule has 0 spiro atoms. The molecule has 14 rings (SSSR count). The van der Waals surface area contributed by atoms with Crippen LogP contribution in [0.5, 0.6) is 0 Å². The average molecular weight is 762 g/mol. The van der Waals surface area contributed by atoms with Gasteiger partial charge in [-0.1, -0.05) is 0 Å². The Morgan fingerprint density at radius 1 is 0.420 bits per heavy atom. The van der Waals surface area contributed by atoms with Crippen LogP contribution in [0, 0.1) is 0 Å². The molecular formula is C45H25BN2Se2. The molecule has 7 aromatic carbocycles. The van der Waals surface area contributed by atoms with Crippen molar-refractivity contribution < 1.29 is 0 Å². The minimum atomic E-state index is -0.239. The van der Waals surface area contributed by atoms with Gasteiger partial charge in [0.1, 0.15) is 0 Å². The minimum absolute atomic E-state index is 0.239. The number of aromatic nitrogens is 2. The van der Waals surface area contributed by atoms with Gasteiger partial charge in [0.2, 0.25) is 0 Å². The van der Waals surface area contributed by atoms with Crippen molar-refractivity contribution in [1.82, 2.24) is 8.80 Å². The first kappa shape index (κ1) is 26.1. The number of para-hydroxylation sites is 4. The van der Waals surface area contributed by atoms with E-state index in [0.29, 0.717) is 0 Å². The van der Waals surface area contributed by atoms with Crippen LogP contribution >= 0.6 is 0 Å². The van der Waals surface area contributed by atoms with Gasteiger partial charge in [-0.05, 0) is 0 Å². The van der Waals surface area contributed by atoms with Crippen LogP contribution in [0.25, 0.3) is 76.2 Å². The summed E-state index contributed by atoms with van der Waals surface area (Å²) < 4.78 is 11.7. The SMILES string of the molecule is CC1(C)c2c3c(cc4c5cccc6c7ccccc7n(c24)c65)[Se]c2cccc4c2B3c2c(cc3c5cccc6c7ccccc7n(c3c21)c65)[Se]4. The molecule has 3 aliphatic heterocycles. The molecule has 0 atom stereocenters. The molecule has 0 saturated carbocycles. The molecule has 0 unspecified atom stereocenters. The third-order valence-corrected chi connectivity index (χ3v) is 17.4. The van der Waals surface area contributed by atoms with Gasteiger partial charge in [-0.25, -0.2) is 0 Å². The molecule has 50 heavy (non-hydrogen) atoms. The second-order valence-corrected chi connectivity index (χ2v) is 19.7.